The highest BCUT2D eigenvalue weighted by Crippen LogP contribution is 2.37. The van der Waals surface area contributed by atoms with Crippen LogP contribution in [0.5, 0.6) is 5.88 Å². The Morgan fingerprint density at radius 3 is 2.90 bits per heavy atom. The average molecular weight is 422 g/mol. The van der Waals surface area contributed by atoms with Crippen LogP contribution < -0.4 is 20.3 Å². The Kier molecular flexibility index (Phi) is 5.70. The van der Waals surface area contributed by atoms with Gasteiger partial charge in [0.15, 0.2) is 0 Å². The van der Waals surface area contributed by atoms with Crippen LogP contribution in [-0.2, 0) is 0 Å². The van der Waals surface area contributed by atoms with Crippen LogP contribution in [-0.4, -0.2) is 56.3 Å². The Hall–Kier alpha value is -2.77. The van der Waals surface area contributed by atoms with E-state index in [2.05, 4.69) is 26.6 Å². The van der Waals surface area contributed by atoms with E-state index in [-0.39, 0.29) is 5.82 Å². The van der Waals surface area contributed by atoms with Crippen molar-refractivity contribution in [1.82, 2.24) is 20.6 Å². The van der Waals surface area contributed by atoms with Crippen molar-refractivity contribution in [3.05, 3.63) is 48.4 Å². The topological polar surface area (TPSA) is 62.3 Å². The summed E-state index contributed by atoms with van der Waals surface area (Å²) in [7, 11) is 1.89. The zero-order valence-electron chi connectivity index (χ0n) is 17.8. The highest BCUT2D eigenvalue weighted by Gasteiger charge is 2.35. The van der Waals surface area contributed by atoms with Gasteiger partial charge in [-0.3, -0.25) is 0 Å². The van der Waals surface area contributed by atoms with Crippen LogP contribution in [0.1, 0.15) is 6.42 Å². The first-order chi connectivity index (χ1) is 15.2. The van der Waals surface area contributed by atoms with Gasteiger partial charge in [0.25, 0.3) is 0 Å². The van der Waals surface area contributed by atoms with Crippen molar-refractivity contribution in [2.45, 2.75) is 6.42 Å². The van der Waals surface area contributed by atoms with E-state index < -0.39 is 0 Å². The Morgan fingerprint density at radius 1 is 1.19 bits per heavy atom. The molecule has 2 unspecified atom stereocenters. The number of anilines is 1. The van der Waals surface area contributed by atoms with Crippen LogP contribution in [0, 0.1) is 17.7 Å². The highest BCUT2D eigenvalue weighted by atomic mass is 19.1. The molecule has 0 amide bonds. The van der Waals surface area contributed by atoms with Crippen molar-refractivity contribution in [2.24, 2.45) is 11.8 Å². The molecule has 4 heterocycles. The van der Waals surface area contributed by atoms with E-state index in [0.29, 0.717) is 24.3 Å². The fourth-order valence-electron chi connectivity index (χ4n) is 4.73. The van der Waals surface area contributed by atoms with Crippen LogP contribution in [0.2, 0.25) is 0 Å². The van der Waals surface area contributed by atoms with Gasteiger partial charge in [0, 0.05) is 48.5 Å². The second-order valence-corrected chi connectivity index (χ2v) is 8.44. The average Bonchev–Trinajstić information content (AvgIpc) is 3.23. The molecule has 2 atom stereocenters. The van der Waals surface area contributed by atoms with Gasteiger partial charge in [-0.05, 0) is 68.7 Å². The molecule has 0 aliphatic carbocycles. The molecule has 2 aliphatic rings. The first kappa shape index (κ1) is 20.2. The third kappa shape index (κ3) is 4.20. The molecule has 2 aliphatic heterocycles. The summed E-state index contributed by atoms with van der Waals surface area (Å²) in [6, 6.07) is 10.8. The quantitative estimate of drug-likeness (QED) is 0.597. The van der Waals surface area contributed by atoms with Crippen molar-refractivity contribution in [2.75, 3.05) is 51.3 Å². The number of aromatic nitrogens is 2. The minimum absolute atomic E-state index is 0.230. The molecular weight excluding hydrogens is 393 g/mol. The molecule has 3 aromatic rings. The number of benzene rings is 1. The number of ether oxygens (including phenoxy) is 1. The third-order valence-electron chi connectivity index (χ3n) is 6.40. The van der Waals surface area contributed by atoms with Crippen LogP contribution in [0.4, 0.5) is 10.1 Å². The summed E-state index contributed by atoms with van der Waals surface area (Å²) < 4.78 is 19.7. The van der Waals surface area contributed by atoms with E-state index in [9.17, 15) is 4.39 Å². The second kappa shape index (κ2) is 8.77. The van der Waals surface area contributed by atoms with Crippen LogP contribution in [0.15, 0.2) is 42.6 Å². The lowest BCUT2D eigenvalue weighted by molar-refractivity contribution is 0.306. The molecule has 31 heavy (non-hydrogen) atoms. The number of halogens is 1. The van der Waals surface area contributed by atoms with Gasteiger partial charge in [-0.1, -0.05) is 0 Å². The molecule has 1 aromatic carbocycles. The normalized spacial score (nSPS) is 20.8. The molecule has 0 radical (unpaired) electrons. The number of fused-ring (bicyclic) bond motifs is 2. The van der Waals surface area contributed by atoms with Crippen molar-refractivity contribution in [3.63, 3.8) is 0 Å². The summed E-state index contributed by atoms with van der Waals surface area (Å²) in [5.74, 6) is 1.70. The summed E-state index contributed by atoms with van der Waals surface area (Å²) in [6.45, 7) is 5.48. The maximum absolute atomic E-state index is 14.1. The maximum Gasteiger partial charge on any atom is 0.213 e. The van der Waals surface area contributed by atoms with Gasteiger partial charge in [-0.15, -0.1) is 0 Å². The minimum Gasteiger partial charge on any atom is -0.476 e. The predicted molar refractivity (Wildman–Crippen MR) is 121 cm³/mol. The molecule has 2 aromatic heterocycles. The number of likely N-dealkylation sites (N-methyl/N-ethyl adjacent to an activating group) is 1. The molecule has 6 nitrogen and oxygen atoms in total. The third-order valence-corrected chi connectivity index (χ3v) is 6.40. The Bertz CT molecular complexity index is 1040. The van der Waals surface area contributed by atoms with Gasteiger partial charge in [0.2, 0.25) is 5.88 Å². The van der Waals surface area contributed by atoms with Gasteiger partial charge in [0.05, 0.1) is 11.2 Å². The molecule has 2 saturated heterocycles. The van der Waals surface area contributed by atoms with Gasteiger partial charge in [-0.25, -0.2) is 14.4 Å². The fourth-order valence-corrected chi connectivity index (χ4v) is 4.73. The SMILES string of the molecule is CNCCOc1ccc(-c2cc(N3CC4CCNCC4C3)c3cc(F)ccc3n2)cn1. The van der Waals surface area contributed by atoms with Gasteiger partial charge in [0.1, 0.15) is 12.4 Å². The Balaban J connectivity index is 1.49. The van der Waals surface area contributed by atoms with Crippen LogP contribution in [0.25, 0.3) is 22.2 Å². The van der Waals surface area contributed by atoms with E-state index in [1.54, 1.807) is 18.3 Å². The number of nitrogens with one attached hydrogen (secondary N) is 2. The summed E-state index contributed by atoms with van der Waals surface area (Å²) in [4.78, 5) is 11.7. The molecule has 0 spiro atoms. The first-order valence-corrected chi connectivity index (χ1v) is 11.0. The summed E-state index contributed by atoms with van der Waals surface area (Å²) in [5.41, 5.74) is 3.63. The van der Waals surface area contributed by atoms with Crippen molar-refractivity contribution >= 4 is 16.6 Å². The van der Waals surface area contributed by atoms with E-state index >= 15 is 0 Å². The number of pyridine rings is 2. The molecule has 0 saturated carbocycles. The summed E-state index contributed by atoms with van der Waals surface area (Å²) in [5, 5.41) is 7.43. The molecule has 162 valence electrons. The molecule has 2 fully saturated rings. The largest absolute Gasteiger partial charge is 0.476 e. The molecule has 5 rings (SSSR count). The van der Waals surface area contributed by atoms with Gasteiger partial charge >= 0.3 is 0 Å². The molecule has 2 N–H and O–H groups in total. The van der Waals surface area contributed by atoms with Crippen LogP contribution >= 0.6 is 0 Å². The van der Waals surface area contributed by atoms with Crippen molar-refractivity contribution in [3.8, 4) is 17.1 Å². The molecule has 7 heteroatoms. The van der Waals surface area contributed by atoms with E-state index in [1.165, 1.54) is 12.5 Å². The maximum atomic E-state index is 14.1. The van der Waals surface area contributed by atoms with Crippen LogP contribution in [0.3, 0.4) is 0 Å². The number of hydrogen-bond acceptors (Lipinski definition) is 6. The van der Waals surface area contributed by atoms with E-state index in [1.807, 2.05) is 19.2 Å². The Morgan fingerprint density at radius 2 is 2.10 bits per heavy atom. The van der Waals surface area contributed by atoms with Gasteiger partial charge < -0.3 is 20.3 Å². The number of nitrogens with zero attached hydrogens (tertiary/aromatic N) is 3. The zero-order valence-corrected chi connectivity index (χ0v) is 17.8. The lowest BCUT2D eigenvalue weighted by Gasteiger charge is -2.23. The highest BCUT2D eigenvalue weighted by molar-refractivity contribution is 5.94. The molecular formula is C24H28FN5O. The Labute approximate surface area is 181 Å². The number of rotatable bonds is 6. The lowest BCUT2D eigenvalue weighted by Crippen LogP contribution is -2.35. The van der Waals surface area contributed by atoms with Gasteiger partial charge in [-0.2, -0.15) is 0 Å². The smallest absolute Gasteiger partial charge is 0.213 e. The number of piperidine rings is 1. The van der Waals surface area contributed by atoms with Crippen molar-refractivity contribution < 1.29 is 9.13 Å². The standard InChI is InChI=1S/C24H28FN5O/c1-26-8-9-31-24-5-2-16(13-28-24)22-11-23(20-10-19(25)3-4-21(20)29-22)30-14-17-6-7-27-12-18(17)15-30/h2-5,10-11,13,17-18,26-27H,6-9,12,14-15H2,1H3. The zero-order chi connectivity index (χ0) is 21.2. The van der Waals surface area contributed by atoms with E-state index in [4.69, 9.17) is 9.72 Å². The summed E-state index contributed by atoms with van der Waals surface area (Å²) in [6.07, 6.45) is 2.99. The predicted octanol–water partition coefficient (Wildman–Crippen LogP) is 3.08. The second-order valence-electron chi connectivity index (χ2n) is 8.44. The van der Waals surface area contributed by atoms with E-state index in [0.717, 1.165) is 60.6 Å². The lowest BCUT2D eigenvalue weighted by atomic mass is 9.90. The minimum atomic E-state index is -0.230. The summed E-state index contributed by atoms with van der Waals surface area (Å²) >= 11 is 0. The monoisotopic (exact) mass is 421 g/mol. The first-order valence-electron chi connectivity index (χ1n) is 11.0. The van der Waals surface area contributed by atoms with Crippen molar-refractivity contribution in [1.29, 1.82) is 0 Å². The fraction of sp³-hybridized carbons (Fsp3) is 0.417. The number of hydrogen-bond donors (Lipinski definition) is 2. The molecule has 0 bridgehead atoms.